The van der Waals surface area contributed by atoms with Gasteiger partial charge in [-0.05, 0) is 138 Å². The van der Waals surface area contributed by atoms with Crippen LogP contribution in [0.4, 0.5) is 0 Å². The summed E-state index contributed by atoms with van der Waals surface area (Å²) in [5.74, 6) is 1.05. The Morgan fingerprint density at radius 3 is 2.51 bits per heavy atom. The zero-order valence-electron chi connectivity index (χ0n) is 24.7. The fourth-order valence-corrected chi connectivity index (χ4v) is 5.68. The molecule has 0 aromatic carbocycles. The van der Waals surface area contributed by atoms with E-state index in [9.17, 15) is 0 Å². The first-order valence-electron chi connectivity index (χ1n) is 14.5. The molecule has 1 nitrogen and oxygen atoms in total. The van der Waals surface area contributed by atoms with Gasteiger partial charge in [-0.3, -0.25) is 0 Å². The lowest BCUT2D eigenvalue weighted by molar-refractivity contribution is 0.476. The van der Waals surface area contributed by atoms with E-state index in [4.69, 9.17) is 0 Å². The molecule has 3 rings (SSSR count). The quantitative estimate of drug-likeness (QED) is 0.273. The van der Waals surface area contributed by atoms with Gasteiger partial charge >= 0.3 is 0 Å². The Hall–Kier alpha value is -2.76. The number of hydrogen-bond donors (Lipinski definition) is 0. The third-order valence-electron chi connectivity index (χ3n) is 7.71. The van der Waals surface area contributed by atoms with E-state index >= 15 is 0 Å². The number of rotatable bonds is 6. The molecule has 0 aliphatic heterocycles. The first kappa shape index (κ1) is 28.8. The maximum Gasteiger partial charge on any atom is 0.0496 e. The second-order valence-electron chi connectivity index (χ2n) is 11.3. The lowest BCUT2D eigenvalue weighted by Gasteiger charge is -2.24. The largest absolute Gasteiger partial charge is 0.310 e. The predicted octanol–water partition coefficient (Wildman–Crippen LogP) is 10.8. The van der Waals surface area contributed by atoms with Crippen molar-refractivity contribution >= 4 is 17.8 Å². The van der Waals surface area contributed by atoms with Crippen molar-refractivity contribution in [2.24, 2.45) is 11.8 Å². The Balaban J connectivity index is 2.23. The fraction of sp³-hybridized carbons (Fsp3) is 0.472. The maximum absolute atomic E-state index is 3.55. The third kappa shape index (κ3) is 7.62. The van der Waals surface area contributed by atoms with E-state index in [1.54, 1.807) is 5.57 Å². The topological polar surface area (TPSA) is 4.93 Å². The summed E-state index contributed by atoms with van der Waals surface area (Å²) in [5.41, 5.74) is 16.1. The molecule has 1 heterocycles. The van der Waals surface area contributed by atoms with E-state index < -0.39 is 0 Å². The van der Waals surface area contributed by atoms with Crippen molar-refractivity contribution in [3.63, 3.8) is 0 Å². The summed E-state index contributed by atoms with van der Waals surface area (Å²) >= 11 is 0. The van der Waals surface area contributed by atoms with Crippen LogP contribution in [-0.4, -0.2) is 4.57 Å². The molecule has 1 aromatic heterocycles. The second-order valence-corrected chi connectivity index (χ2v) is 11.3. The van der Waals surface area contributed by atoms with Crippen LogP contribution in [0.5, 0.6) is 0 Å². The molecule has 198 valence electrons. The maximum atomic E-state index is 3.55. The molecule has 0 radical (unpaired) electrons. The lowest BCUT2D eigenvalue weighted by atomic mass is 9.82. The molecule has 0 saturated carbocycles. The zero-order valence-corrected chi connectivity index (χ0v) is 24.7. The molecule has 2 aliphatic carbocycles. The zero-order chi connectivity index (χ0) is 26.9. The average molecular weight is 496 g/mol. The minimum Gasteiger partial charge on any atom is -0.310 e. The van der Waals surface area contributed by atoms with Crippen LogP contribution in [0.1, 0.15) is 110 Å². The summed E-state index contributed by atoms with van der Waals surface area (Å²) in [5, 5.41) is 0. The Morgan fingerprint density at radius 2 is 1.81 bits per heavy atom. The number of aromatic nitrogens is 1. The molecule has 0 bridgehead atoms. The van der Waals surface area contributed by atoms with Gasteiger partial charge in [0.05, 0.1) is 0 Å². The van der Waals surface area contributed by atoms with Crippen LogP contribution < -0.4 is 0 Å². The molecule has 2 atom stereocenters. The molecule has 2 unspecified atom stereocenters. The van der Waals surface area contributed by atoms with Gasteiger partial charge in [0.2, 0.25) is 0 Å². The van der Waals surface area contributed by atoms with E-state index in [1.807, 2.05) is 0 Å². The first-order chi connectivity index (χ1) is 17.7. The number of allylic oxidation sites excluding steroid dienone is 11. The van der Waals surface area contributed by atoms with E-state index in [-0.39, 0.29) is 0 Å². The van der Waals surface area contributed by atoms with Gasteiger partial charge < -0.3 is 4.57 Å². The van der Waals surface area contributed by atoms with Crippen molar-refractivity contribution in [1.29, 1.82) is 0 Å². The Labute approximate surface area is 227 Å². The van der Waals surface area contributed by atoms with E-state index in [0.29, 0.717) is 11.8 Å². The van der Waals surface area contributed by atoms with Crippen LogP contribution in [0, 0.1) is 18.8 Å². The molecule has 37 heavy (non-hydrogen) atoms. The van der Waals surface area contributed by atoms with Gasteiger partial charge in [-0.15, -0.1) is 5.73 Å². The highest BCUT2D eigenvalue weighted by Crippen LogP contribution is 2.36. The molecule has 2 aliphatic rings. The summed E-state index contributed by atoms with van der Waals surface area (Å²) in [4.78, 5) is 0. The van der Waals surface area contributed by atoms with Gasteiger partial charge in [-0.2, -0.15) is 0 Å². The summed E-state index contributed by atoms with van der Waals surface area (Å²) in [6.07, 6.45) is 28.7. The molecule has 1 aromatic rings. The van der Waals surface area contributed by atoms with E-state index in [2.05, 4.69) is 120 Å². The summed E-state index contributed by atoms with van der Waals surface area (Å²) in [6, 6.07) is 0. The van der Waals surface area contributed by atoms with Crippen LogP contribution in [-0.2, 0) is 6.42 Å². The summed E-state index contributed by atoms with van der Waals surface area (Å²) in [7, 11) is 0. The van der Waals surface area contributed by atoms with Gasteiger partial charge in [-0.25, -0.2) is 0 Å². The molecule has 0 amide bonds. The molecule has 1 heteroatoms. The van der Waals surface area contributed by atoms with Crippen molar-refractivity contribution in [2.75, 3.05) is 0 Å². The van der Waals surface area contributed by atoms with Gasteiger partial charge in [0.25, 0.3) is 0 Å². The molecule has 0 fully saturated rings. The second kappa shape index (κ2) is 13.7. The SMILES string of the molecule is CC/C(=C\c1c(C)c(CC)c(C=C(C)C)n1C1=C/C=C\CCC=C1)C1C/C(C)=C\CC(C)=C=CC(C)C1. The van der Waals surface area contributed by atoms with Crippen LogP contribution in [0.2, 0.25) is 0 Å². The van der Waals surface area contributed by atoms with Crippen molar-refractivity contribution in [1.82, 2.24) is 4.57 Å². The van der Waals surface area contributed by atoms with Crippen LogP contribution in [0.25, 0.3) is 17.8 Å². The lowest BCUT2D eigenvalue weighted by Crippen LogP contribution is -2.10. The van der Waals surface area contributed by atoms with Gasteiger partial charge in [0.1, 0.15) is 0 Å². The Morgan fingerprint density at radius 1 is 1.05 bits per heavy atom. The average Bonchev–Trinajstić information content (AvgIpc) is 3.08. The highest BCUT2D eigenvalue weighted by Gasteiger charge is 2.22. The Bertz CT molecular complexity index is 1200. The number of nitrogens with zero attached hydrogens (tertiary/aromatic N) is 1. The van der Waals surface area contributed by atoms with Crippen molar-refractivity contribution < 1.29 is 0 Å². The van der Waals surface area contributed by atoms with Gasteiger partial charge in [0.15, 0.2) is 0 Å². The van der Waals surface area contributed by atoms with E-state index in [0.717, 1.165) is 44.9 Å². The molecule has 0 spiro atoms. The highest BCUT2D eigenvalue weighted by atomic mass is 15.0. The monoisotopic (exact) mass is 495 g/mol. The Kier molecular flexibility index (Phi) is 10.7. The van der Waals surface area contributed by atoms with Crippen molar-refractivity contribution in [3.05, 3.63) is 93.1 Å². The smallest absolute Gasteiger partial charge is 0.0496 e. The first-order valence-corrected chi connectivity index (χ1v) is 14.5. The van der Waals surface area contributed by atoms with Gasteiger partial charge in [0, 0.05) is 17.1 Å². The van der Waals surface area contributed by atoms with Crippen LogP contribution >= 0.6 is 0 Å². The van der Waals surface area contributed by atoms with Crippen LogP contribution in [0.15, 0.2) is 70.6 Å². The van der Waals surface area contributed by atoms with E-state index in [1.165, 1.54) is 44.9 Å². The van der Waals surface area contributed by atoms with Crippen molar-refractivity contribution in [2.45, 2.75) is 100 Å². The molecule has 0 N–H and O–H groups in total. The molecular weight excluding hydrogens is 446 g/mol. The third-order valence-corrected chi connectivity index (χ3v) is 7.71. The normalized spacial score (nSPS) is 23.4. The fourth-order valence-electron chi connectivity index (χ4n) is 5.68. The standard InChI is InChI=1S/C36H49N/c1-9-31(32-23-28(6)20-18-27(5)19-21-29(7)24-32)25-35-30(8)34(10-2)36(22-26(3)4)37(35)33-16-14-12-11-13-15-17-33/h12,14-17,20-22,25,29,32H,9-11,13,18,23-24H2,1-8H3/b14-12-,17-15?,28-20-,31-25+,33-16?. The minimum absolute atomic E-state index is 0.516. The molecule has 0 saturated heterocycles. The summed E-state index contributed by atoms with van der Waals surface area (Å²) < 4.78 is 2.53. The molecular formula is C36H49N. The minimum atomic E-state index is 0.516. The van der Waals surface area contributed by atoms with Crippen molar-refractivity contribution in [3.8, 4) is 0 Å². The predicted molar refractivity (Wildman–Crippen MR) is 165 cm³/mol. The van der Waals surface area contributed by atoms with Crippen LogP contribution in [0.3, 0.4) is 0 Å². The highest BCUT2D eigenvalue weighted by molar-refractivity contribution is 5.74. The number of hydrogen-bond acceptors (Lipinski definition) is 0. The van der Waals surface area contributed by atoms with Gasteiger partial charge in [-0.1, -0.05) is 61.8 Å². The summed E-state index contributed by atoms with van der Waals surface area (Å²) in [6.45, 7) is 18.3.